The predicted octanol–water partition coefficient (Wildman–Crippen LogP) is 3.97. The summed E-state index contributed by atoms with van der Waals surface area (Å²) in [5.41, 5.74) is 0.444. The number of aromatic carboxylic acids is 1. The molecule has 2 aromatic rings. The average molecular weight is 605 g/mol. The van der Waals surface area contributed by atoms with Crippen LogP contribution in [-0.2, 0) is 15.1 Å². The minimum atomic E-state index is -0.970. The zero-order valence-corrected chi connectivity index (χ0v) is 22.8. The first kappa shape index (κ1) is 27.9. The van der Waals surface area contributed by atoms with Crippen LogP contribution in [0.2, 0.25) is 0 Å². The number of benzene rings is 2. The standard InChI is InChI=1S/C26H29N3O5.CH3I/c1-29(14-17-34-22-5-3-2-4-20(22)18-27)26(12-15-33-16-13-26)24(32)28-25(10-11-25)21-8-6-19(7-9-21)23(30)31;1-2/h2-9H,10-17H2,1H3,(H,28,32)(H,30,31);1H3. The van der Waals surface area contributed by atoms with E-state index in [9.17, 15) is 14.9 Å². The second kappa shape index (κ2) is 12.5. The maximum atomic E-state index is 13.7. The van der Waals surface area contributed by atoms with E-state index in [0.29, 0.717) is 50.5 Å². The Morgan fingerprint density at radius 2 is 1.75 bits per heavy atom. The zero-order chi connectivity index (χ0) is 26.2. The number of hydrogen-bond acceptors (Lipinski definition) is 6. The third-order valence-corrected chi connectivity index (χ3v) is 6.95. The SMILES string of the molecule is CI.CN(CCOc1ccccc1C#N)C1(C(=O)NC2(c3ccc(C(=O)O)cc3)CC2)CCOCC1. The molecule has 8 nitrogen and oxygen atoms in total. The van der Waals surface area contributed by atoms with Gasteiger partial charge in [-0.05, 0) is 67.5 Å². The molecule has 2 N–H and O–H groups in total. The van der Waals surface area contributed by atoms with Gasteiger partial charge in [-0.15, -0.1) is 0 Å². The molecule has 2 aromatic carbocycles. The van der Waals surface area contributed by atoms with E-state index in [0.717, 1.165) is 18.4 Å². The van der Waals surface area contributed by atoms with Gasteiger partial charge in [-0.1, -0.05) is 46.9 Å². The van der Waals surface area contributed by atoms with Gasteiger partial charge in [-0.2, -0.15) is 5.26 Å². The van der Waals surface area contributed by atoms with Gasteiger partial charge in [0.25, 0.3) is 0 Å². The summed E-state index contributed by atoms with van der Waals surface area (Å²) in [4.78, 5) is 28.9. The molecule has 36 heavy (non-hydrogen) atoms. The lowest BCUT2D eigenvalue weighted by Gasteiger charge is -2.43. The molecular weight excluding hydrogens is 573 g/mol. The molecule has 0 atom stereocenters. The smallest absolute Gasteiger partial charge is 0.335 e. The second-order valence-corrected chi connectivity index (χ2v) is 8.94. The van der Waals surface area contributed by atoms with Gasteiger partial charge in [0.1, 0.15) is 24.0 Å². The van der Waals surface area contributed by atoms with Gasteiger partial charge in [0.15, 0.2) is 0 Å². The molecule has 2 fully saturated rings. The number of nitriles is 1. The number of nitrogens with one attached hydrogen (secondary N) is 1. The molecule has 192 valence electrons. The van der Waals surface area contributed by atoms with E-state index < -0.39 is 17.0 Å². The average Bonchev–Trinajstić information content (AvgIpc) is 3.71. The third-order valence-electron chi connectivity index (χ3n) is 6.95. The van der Waals surface area contributed by atoms with Crippen molar-refractivity contribution >= 4 is 34.5 Å². The fraction of sp³-hybridized carbons (Fsp3) is 0.444. The number of carbonyl (C=O) groups excluding carboxylic acids is 1. The summed E-state index contributed by atoms with van der Waals surface area (Å²) in [5, 5.41) is 21.7. The first-order chi connectivity index (χ1) is 17.4. The van der Waals surface area contributed by atoms with Crippen LogP contribution in [0.4, 0.5) is 0 Å². The highest BCUT2D eigenvalue weighted by Gasteiger charge is 2.51. The summed E-state index contributed by atoms with van der Waals surface area (Å²) in [5.74, 6) is -0.482. The Bertz CT molecular complexity index is 1090. The number of carbonyl (C=O) groups is 2. The monoisotopic (exact) mass is 605 g/mol. The fourth-order valence-electron chi connectivity index (χ4n) is 4.56. The zero-order valence-electron chi connectivity index (χ0n) is 20.6. The lowest BCUT2D eigenvalue weighted by molar-refractivity contribution is -0.140. The first-order valence-corrected chi connectivity index (χ1v) is 14.0. The molecule has 2 aliphatic rings. The molecular formula is C27H32IN3O5. The number of carboxylic acids is 1. The van der Waals surface area contributed by atoms with E-state index in [4.69, 9.17) is 14.6 Å². The Morgan fingerprint density at radius 1 is 1.11 bits per heavy atom. The van der Waals surface area contributed by atoms with Gasteiger partial charge in [0, 0.05) is 19.8 Å². The van der Waals surface area contributed by atoms with E-state index in [1.165, 1.54) is 0 Å². The molecule has 1 aliphatic carbocycles. The van der Waals surface area contributed by atoms with Crippen molar-refractivity contribution in [2.45, 2.75) is 36.8 Å². The number of alkyl halides is 1. The minimum absolute atomic E-state index is 0.0458. The molecule has 0 unspecified atom stereocenters. The summed E-state index contributed by atoms with van der Waals surface area (Å²) in [7, 11) is 1.92. The van der Waals surface area contributed by atoms with Crippen molar-refractivity contribution in [1.29, 1.82) is 5.26 Å². The van der Waals surface area contributed by atoms with E-state index in [2.05, 4.69) is 34.0 Å². The molecule has 0 bridgehead atoms. The lowest BCUT2D eigenvalue weighted by atomic mass is 9.86. The highest BCUT2D eigenvalue weighted by Crippen LogP contribution is 2.46. The van der Waals surface area contributed by atoms with Crippen molar-refractivity contribution < 1.29 is 24.2 Å². The Kier molecular flexibility index (Phi) is 9.70. The number of hydrogen-bond donors (Lipinski definition) is 2. The Balaban J connectivity index is 0.00000176. The molecule has 0 radical (unpaired) electrons. The fourth-order valence-corrected chi connectivity index (χ4v) is 4.56. The van der Waals surface area contributed by atoms with Gasteiger partial charge in [0.05, 0.1) is 16.7 Å². The molecule has 0 spiro atoms. The summed E-state index contributed by atoms with van der Waals surface area (Å²) < 4.78 is 11.4. The topological polar surface area (TPSA) is 112 Å². The first-order valence-electron chi connectivity index (χ1n) is 11.9. The van der Waals surface area contributed by atoms with E-state index >= 15 is 0 Å². The van der Waals surface area contributed by atoms with Crippen LogP contribution in [0.5, 0.6) is 5.75 Å². The Morgan fingerprint density at radius 3 is 2.33 bits per heavy atom. The molecule has 4 rings (SSSR count). The van der Waals surface area contributed by atoms with Crippen LogP contribution in [0.1, 0.15) is 47.2 Å². The number of nitrogens with zero attached hydrogens (tertiary/aromatic N) is 2. The normalized spacial score (nSPS) is 17.2. The maximum Gasteiger partial charge on any atom is 0.335 e. The molecule has 1 heterocycles. The van der Waals surface area contributed by atoms with E-state index in [1.54, 1.807) is 42.5 Å². The number of amides is 1. The van der Waals surface area contributed by atoms with Crippen LogP contribution in [0.25, 0.3) is 0 Å². The summed E-state index contributed by atoms with van der Waals surface area (Å²) in [6, 6.07) is 16.0. The van der Waals surface area contributed by atoms with Gasteiger partial charge >= 0.3 is 5.97 Å². The van der Waals surface area contributed by atoms with Crippen LogP contribution in [0.15, 0.2) is 48.5 Å². The Labute approximate surface area is 225 Å². The summed E-state index contributed by atoms with van der Waals surface area (Å²) >= 11 is 2.15. The third kappa shape index (κ3) is 6.17. The quantitative estimate of drug-likeness (QED) is 0.329. The number of ether oxygens (including phenoxy) is 2. The van der Waals surface area contributed by atoms with Crippen molar-refractivity contribution in [3.8, 4) is 11.8 Å². The van der Waals surface area contributed by atoms with Gasteiger partial charge in [0.2, 0.25) is 5.91 Å². The largest absolute Gasteiger partial charge is 0.491 e. The van der Waals surface area contributed by atoms with E-state index in [-0.39, 0.29) is 11.5 Å². The van der Waals surface area contributed by atoms with Crippen molar-refractivity contribution in [1.82, 2.24) is 10.2 Å². The van der Waals surface area contributed by atoms with Crippen molar-refractivity contribution in [3.05, 3.63) is 65.2 Å². The highest BCUT2D eigenvalue weighted by molar-refractivity contribution is 14.1. The van der Waals surface area contributed by atoms with Gasteiger partial charge < -0.3 is 19.9 Å². The number of carboxylic acid groups (broad SMARTS) is 1. The number of halogens is 1. The second-order valence-electron chi connectivity index (χ2n) is 8.94. The van der Waals surface area contributed by atoms with Gasteiger partial charge in [-0.25, -0.2) is 4.79 Å². The molecule has 0 aromatic heterocycles. The van der Waals surface area contributed by atoms with Crippen LogP contribution >= 0.6 is 22.6 Å². The van der Waals surface area contributed by atoms with E-state index in [1.807, 2.05) is 22.9 Å². The molecule has 1 saturated heterocycles. The predicted molar refractivity (Wildman–Crippen MR) is 144 cm³/mol. The molecule has 1 aliphatic heterocycles. The van der Waals surface area contributed by atoms with Crippen LogP contribution in [-0.4, -0.2) is 65.8 Å². The van der Waals surface area contributed by atoms with Crippen LogP contribution in [0.3, 0.4) is 0 Å². The highest BCUT2D eigenvalue weighted by atomic mass is 127. The van der Waals surface area contributed by atoms with Crippen molar-refractivity contribution in [2.24, 2.45) is 0 Å². The summed E-state index contributed by atoms with van der Waals surface area (Å²) in [6.07, 6.45) is 2.77. The molecule has 1 saturated carbocycles. The van der Waals surface area contributed by atoms with Crippen LogP contribution < -0.4 is 10.1 Å². The summed E-state index contributed by atoms with van der Waals surface area (Å²) in [6.45, 7) is 1.84. The van der Waals surface area contributed by atoms with Crippen molar-refractivity contribution in [3.63, 3.8) is 0 Å². The minimum Gasteiger partial charge on any atom is -0.491 e. The maximum absolute atomic E-state index is 13.7. The molecule has 1 amide bonds. The van der Waals surface area contributed by atoms with Crippen LogP contribution in [0, 0.1) is 11.3 Å². The number of rotatable bonds is 9. The molecule has 9 heteroatoms. The Hall–Kier alpha value is -2.68. The lowest BCUT2D eigenvalue weighted by Crippen LogP contribution is -2.62. The van der Waals surface area contributed by atoms with Crippen molar-refractivity contribution in [2.75, 3.05) is 38.3 Å². The number of likely N-dealkylation sites (N-methyl/N-ethyl adjacent to an activating group) is 1. The number of para-hydroxylation sites is 1. The van der Waals surface area contributed by atoms with Gasteiger partial charge in [-0.3, -0.25) is 9.69 Å².